The third-order valence-electron chi connectivity index (χ3n) is 6.57. The molecule has 1 aliphatic rings. The highest BCUT2D eigenvalue weighted by molar-refractivity contribution is 5.95. The Hall–Kier alpha value is -3.65. The van der Waals surface area contributed by atoms with E-state index in [0.29, 0.717) is 11.3 Å². The molecular formula is C25H29N5O3. The number of unbranched alkanes of at least 4 members (excludes halogenated alkanes) is 1. The van der Waals surface area contributed by atoms with Crippen LogP contribution in [0.5, 0.6) is 5.75 Å². The average molecular weight is 448 g/mol. The average Bonchev–Trinajstić information content (AvgIpc) is 3.41. The molecular weight excluding hydrogens is 418 g/mol. The summed E-state index contributed by atoms with van der Waals surface area (Å²) < 4.78 is 5.48. The number of carbonyl (C=O) groups excluding carboxylic acids is 1. The normalized spacial score (nSPS) is 15.0. The van der Waals surface area contributed by atoms with Gasteiger partial charge in [-0.1, -0.05) is 0 Å². The van der Waals surface area contributed by atoms with Crippen molar-refractivity contribution in [1.82, 2.24) is 9.88 Å². The molecule has 0 saturated carbocycles. The molecule has 0 unspecified atom stereocenters. The predicted octanol–water partition coefficient (Wildman–Crippen LogP) is 3.45. The number of fused-ring (bicyclic) bond motifs is 2. The molecule has 1 saturated heterocycles. The van der Waals surface area contributed by atoms with E-state index in [1.54, 1.807) is 12.1 Å². The van der Waals surface area contributed by atoms with Crippen LogP contribution >= 0.6 is 0 Å². The van der Waals surface area contributed by atoms with Crippen molar-refractivity contribution in [3.8, 4) is 5.75 Å². The van der Waals surface area contributed by atoms with Crippen molar-refractivity contribution in [3.05, 3.63) is 53.9 Å². The summed E-state index contributed by atoms with van der Waals surface area (Å²) in [4.78, 5) is 19.5. The number of carbonyl (C=O) groups is 1. The van der Waals surface area contributed by atoms with Crippen molar-refractivity contribution in [2.75, 3.05) is 43.4 Å². The minimum absolute atomic E-state index is 0.121. The minimum Gasteiger partial charge on any atom is -0.506 e. The maximum atomic E-state index is 11.3. The molecule has 0 bridgehead atoms. The van der Waals surface area contributed by atoms with Crippen molar-refractivity contribution in [2.24, 2.45) is 5.73 Å². The van der Waals surface area contributed by atoms with E-state index in [2.05, 4.69) is 20.9 Å². The van der Waals surface area contributed by atoms with Gasteiger partial charge < -0.3 is 30.9 Å². The van der Waals surface area contributed by atoms with E-state index in [9.17, 15) is 9.90 Å². The standard InChI is InChI=1S/C25H29N5O3/c26-20-13-19-16(15-28-21(19)14-22(20)31)3-1-2-6-29-7-9-30(10-8-29)18-4-5-23-17(11-18)12-24(33-23)25(27)32/h4-5,11-15,28,31H,1-3,6-10,26H2,(H2,27,32). The molecule has 0 aliphatic carbocycles. The van der Waals surface area contributed by atoms with Crippen LogP contribution < -0.4 is 16.4 Å². The van der Waals surface area contributed by atoms with Crippen LogP contribution in [-0.4, -0.2) is 53.6 Å². The number of aryl methyl sites for hydroxylation is 1. The number of piperazine rings is 1. The summed E-state index contributed by atoms with van der Waals surface area (Å²) in [6.07, 6.45) is 5.25. The molecule has 8 heteroatoms. The van der Waals surface area contributed by atoms with E-state index in [-0.39, 0.29) is 11.5 Å². The fourth-order valence-electron chi connectivity index (χ4n) is 4.67. The van der Waals surface area contributed by atoms with E-state index in [0.717, 1.165) is 74.0 Å². The molecule has 1 aliphatic heterocycles. The monoisotopic (exact) mass is 447 g/mol. The molecule has 0 atom stereocenters. The third-order valence-corrected chi connectivity index (χ3v) is 6.57. The van der Waals surface area contributed by atoms with E-state index >= 15 is 0 Å². The van der Waals surface area contributed by atoms with Gasteiger partial charge in [0.15, 0.2) is 5.76 Å². The number of H-pyrrole nitrogens is 1. The molecule has 4 aromatic rings. The highest BCUT2D eigenvalue weighted by Crippen LogP contribution is 2.29. The number of nitrogens with one attached hydrogen (secondary N) is 1. The van der Waals surface area contributed by atoms with Gasteiger partial charge in [0.2, 0.25) is 0 Å². The number of hydrogen-bond donors (Lipinski definition) is 4. The van der Waals surface area contributed by atoms with Gasteiger partial charge in [-0.25, -0.2) is 0 Å². The van der Waals surface area contributed by atoms with Gasteiger partial charge in [-0.15, -0.1) is 0 Å². The first-order chi connectivity index (χ1) is 16.0. The lowest BCUT2D eigenvalue weighted by molar-refractivity contribution is 0.0976. The number of hydrogen-bond acceptors (Lipinski definition) is 6. The van der Waals surface area contributed by atoms with Crippen molar-refractivity contribution < 1.29 is 14.3 Å². The largest absolute Gasteiger partial charge is 0.506 e. The smallest absolute Gasteiger partial charge is 0.284 e. The van der Waals surface area contributed by atoms with Crippen molar-refractivity contribution >= 4 is 39.2 Å². The van der Waals surface area contributed by atoms with Crippen LogP contribution in [0.15, 0.2) is 47.0 Å². The summed E-state index contributed by atoms with van der Waals surface area (Å²) in [6.45, 7) is 5.08. The third kappa shape index (κ3) is 4.34. The van der Waals surface area contributed by atoms with Gasteiger partial charge in [0.1, 0.15) is 11.3 Å². The van der Waals surface area contributed by atoms with Gasteiger partial charge in [0, 0.05) is 60.4 Å². The summed E-state index contributed by atoms with van der Waals surface area (Å²) in [5.41, 5.74) is 15.6. The summed E-state index contributed by atoms with van der Waals surface area (Å²) in [5.74, 6) is -0.231. The molecule has 0 radical (unpaired) electrons. The highest BCUT2D eigenvalue weighted by Gasteiger charge is 2.18. The molecule has 6 N–H and O–H groups in total. The number of phenolic OH excluding ortho intramolecular Hbond substituents is 1. The van der Waals surface area contributed by atoms with Crippen molar-refractivity contribution in [2.45, 2.75) is 19.3 Å². The quantitative estimate of drug-likeness (QED) is 0.195. The Morgan fingerprint density at radius 3 is 2.70 bits per heavy atom. The number of furan rings is 1. The first kappa shape index (κ1) is 21.2. The van der Waals surface area contributed by atoms with Gasteiger partial charge in [-0.3, -0.25) is 9.69 Å². The Labute approximate surface area is 191 Å². The number of phenols is 1. The lowest BCUT2D eigenvalue weighted by atomic mass is 10.1. The predicted molar refractivity (Wildman–Crippen MR) is 131 cm³/mol. The summed E-state index contributed by atoms with van der Waals surface area (Å²) >= 11 is 0. The second-order valence-electron chi connectivity index (χ2n) is 8.75. The molecule has 1 amide bonds. The Balaban J connectivity index is 1.11. The fraction of sp³-hybridized carbons (Fsp3) is 0.320. The lowest BCUT2D eigenvalue weighted by Crippen LogP contribution is -2.46. The SMILES string of the molecule is NC(=O)c1cc2cc(N3CCN(CCCCc4c[nH]c5cc(O)c(N)cc45)CC3)ccc2o1. The number of nitrogen functional groups attached to an aromatic ring is 1. The Bertz CT molecular complexity index is 1300. The van der Waals surface area contributed by atoms with Crippen LogP contribution in [0.25, 0.3) is 21.9 Å². The molecule has 2 aromatic heterocycles. The van der Waals surface area contributed by atoms with Crippen LogP contribution in [0, 0.1) is 0 Å². The number of aromatic nitrogens is 1. The molecule has 2 aromatic carbocycles. The summed E-state index contributed by atoms with van der Waals surface area (Å²) in [6, 6.07) is 11.3. The summed E-state index contributed by atoms with van der Waals surface area (Å²) in [7, 11) is 0. The number of amides is 1. The van der Waals surface area contributed by atoms with Gasteiger partial charge >= 0.3 is 0 Å². The number of benzene rings is 2. The number of aromatic amines is 1. The first-order valence-corrected chi connectivity index (χ1v) is 11.4. The second-order valence-corrected chi connectivity index (χ2v) is 8.75. The van der Waals surface area contributed by atoms with Gasteiger partial charge in [0.05, 0.1) is 5.69 Å². The van der Waals surface area contributed by atoms with Crippen molar-refractivity contribution in [1.29, 1.82) is 0 Å². The molecule has 8 nitrogen and oxygen atoms in total. The number of rotatable bonds is 7. The zero-order chi connectivity index (χ0) is 22.9. The van der Waals surface area contributed by atoms with Gasteiger partial charge in [-0.2, -0.15) is 0 Å². The van der Waals surface area contributed by atoms with Crippen LogP contribution in [0.1, 0.15) is 29.0 Å². The fourth-order valence-corrected chi connectivity index (χ4v) is 4.67. The molecule has 1 fully saturated rings. The Morgan fingerprint density at radius 2 is 1.91 bits per heavy atom. The highest BCUT2D eigenvalue weighted by atomic mass is 16.3. The van der Waals surface area contributed by atoms with Crippen LogP contribution in [0.3, 0.4) is 0 Å². The molecule has 5 rings (SSSR count). The number of aromatic hydroxyl groups is 1. The second kappa shape index (κ2) is 8.71. The van der Waals surface area contributed by atoms with Crippen LogP contribution in [-0.2, 0) is 6.42 Å². The maximum Gasteiger partial charge on any atom is 0.284 e. The van der Waals surface area contributed by atoms with E-state index in [4.69, 9.17) is 15.9 Å². The van der Waals surface area contributed by atoms with E-state index in [1.165, 1.54) is 5.56 Å². The maximum absolute atomic E-state index is 11.3. The summed E-state index contributed by atoms with van der Waals surface area (Å²) in [5, 5.41) is 11.8. The number of nitrogens with zero attached hydrogens (tertiary/aromatic N) is 2. The zero-order valence-corrected chi connectivity index (χ0v) is 18.5. The molecule has 3 heterocycles. The number of primary amides is 1. The van der Waals surface area contributed by atoms with Crippen LogP contribution in [0.2, 0.25) is 0 Å². The van der Waals surface area contributed by atoms with Crippen molar-refractivity contribution in [3.63, 3.8) is 0 Å². The van der Waals surface area contributed by atoms with Gasteiger partial charge in [0.25, 0.3) is 5.91 Å². The van der Waals surface area contributed by atoms with E-state index in [1.807, 2.05) is 24.4 Å². The molecule has 172 valence electrons. The van der Waals surface area contributed by atoms with Crippen LogP contribution in [0.4, 0.5) is 11.4 Å². The Morgan fingerprint density at radius 1 is 1.09 bits per heavy atom. The Kier molecular flexibility index (Phi) is 5.60. The molecule has 33 heavy (non-hydrogen) atoms. The number of nitrogens with two attached hydrogens (primary N) is 2. The van der Waals surface area contributed by atoms with E-state index < -0.39 is 5.91 Å². The topological polar surface area (TPSA) is 125 Å². The molecule has 0 spiro atoms. The zero-order valence-electron chi connectivity index (χ0n) is 18.5. The number of anilines is 2. The lowest BCUT2D eigenvalue weighted by Gasteiger charge is -2.36. The van der Waals surface area contributed by atoms with Gasteiger partial charge in [-0.05, 0) is 61.7 Å². The minimum atomic E-state index is -0.547. The first-order valence-electron chi connectivity index (χ1n) is 11.4.